The van der Waals surface area contributed by atoms with Crippen LogP contribution in [0.3, 0.4) is 0 Å². The summed E-state index contributed by atoms with van der Waals surface area (Å²) in [6.45, 7) is 3.91. The van der Waals surface area contributed by atoms with E-state index in [4.69, 9.17) is 4.74 Å². The fourth-order valence-electron chi connectivity index (χ4n) is 5.64. The molecule has 1 aliphatic heterocycles. The largest absolute Gasteiger partial charge is 0.497 e. The summed E-state index contributed by atoms with van der Waals surface area (Å²) < 4.78 is 44.9. The first-order valence-electron chi connectivity index (χ1n) is 12.4. The van der Waals surface area contributed by atoms with E-state index in [0.29, 0.717) is 30.0 Å². The topological polar surface area (TPSA) is 77.3 Å². The Kier molecular flexibility index (Phi) is 6.22. The number of nitrogens with zero attached hydrogens (tertiary/aromatic N) is 4. The van der Waals surface area contributed by atoms with Gasteiger partial charge < -0.3 is 9.30 Å². The zero-order valence-corrected chi connectivity index (χ0v) is 22.4. The van der Waals surface area contributed by atoms with E-state index in [1.807, 2.05) is 12.1 Å². The molecule has 1 saturated heterocycles. The number of para-hydroxylation sites is 1. The second-order valence-electron chi connectivity index (χ2n) is 9.52. The molecule has 0 spiro atoms. The van der Waals surface area contributed by atoms with Gasteiger partial charge in [0.05, 0.1) is 18.8 Å². The molecule has 190 valence electrons. The van der Waals surface area contributed by atoms with Crippen LogP contribution in [0.25, 0.3) is 21.9 Å². The Morgan fingerprint density at radius 2 is 1.78 bits per heavy atom. The Bertz CT molecular complexity index is 1700. The van der Waals surface area contributed by atoms with Gasteiger partial charge in [-0.1, -0.05) is 36.4 Å². The lowest BCUT2D eigenvalue weighted by atomic mass is 9.88. The third-order valence-electron chi connectivity index (χ3n) is 7.48. The van der Waals surface area contributed by atoms with E-state index < -0.39 is 10.0 Å². The van der Waals surface area contributed by atoms with Crippen LogP contribution in [0.4, 0.5) is 0 Å². The molecule has 0 bridgehead atoms. The second-order valence-corrected chi connectivity index (χ2v) is 12.0. The van der Waals surface area contributed by atoms with Crippen molar-refractivity contribution in [3.63, 3.8) is 0 Å². The van der Waals surface area contributed by atoms with Gasteiger partial charge in [0.15, 0.2) is 0 Å². The molecule has 0 atom stereocenters. The molecule has 0 N–H and O–H groups in total. The lowest BCUT2D eigenvalue weighted by Crippen LogP contribution is -2.38. The van der Waals surface area contributed by atoms with Crippen molar-refractivity contribution in [1.29, 1.82) is 0 Å². The number of methoxy groups -OCH3 is 1. The number of sulfonamides is 1. The van der Waals surface area contributed by atoms with Gasteiger partial charge in [-0.2, -0.15) is 13.1 Å². The summed E-state index contributed by atoms with van der Waals surface area (Å²) in [7, 11) is -1.95. The van der Waals surface area contributed by atoms with Crippen LogP contribution in [0.5, 0.6) is 5.75 Å². The van der Waals surface area contributed by atoms with Gasteiger partial charge in [-0.25, -0.2) is 8.42 Å². The van der Waals surface area contributed by atoms with Crippen LogP contribution in [-0.2, 0) is 16.6 Å². The summed E-state index contributed by atoms with van der Waals surface area (Å²) in [6.07, 6.45) is 1.55. The number of aromatic nitrogens is 3. The van der Waals surface area contributed by atoms with Crippen molar-refractivity contribution in [2.75, 3.05) is 20.2 Å². The van der Waals surface area contributed by atoms with Crippen LogP contribution in [0.2, 0.25) is 0 Å². The van der Waals surface area contributed by atoms with E-state index in [-0.39, 0.29) is 4.90 Å². The van der Waals surface area contributed by atoms with Gasteiger partial charge in [0.1, 0.15) is 21.7 Å². The highest BCUT2D eigenvalue weighted by atomic mass is 32.2. The third-order valence-corrected chi connectivity index (χ3v) is 9.96. The van der Waals surface area contributed by atoms with Crippen molar-refractivity contribution >= 4 is 43.7 Å². The second kappa shape index (κ2) is 9.55. The highest BCUT2D eigenvalue weighted by molar-refractivity contribution is 7.89. The van der Waals surface area contributed by atoms with E-state index in [2.05, 4.69) is 56.6 Å². The lowest BCUT2D eigenvalue weighted by molar-refractivity contribution is 0.320. The van der Waals surface area contributed by atoms with Gasteiger partial charge in [-0.3, -0.25) is 0 Å². The quantitative estimate of drug-likeness (QED) is 0.285. The maximum Gasteiger partial charge on any atom is 0.245 e. The number of rotatable bonds is 6. The van der Waals surface area contributed by atoms with Crippen molar-refractivity contribution in [3.05, 3.63) is 83.6 Å². The first kappa shape index (κ1) is 24.1. The van der Waals surface area contributed by atoms with Crippen molar-refractivity contribution in [2.45, 2.75) is 37.1 Å². The number of ether oxygens (including phenoxy) is 1. The first-order valence-corrected chi connectivity index (χ1v) is 14.6. The van der Waals surface area contributed by atoms with Crippen molar-refractivity contribution in [1.82, 2.24) is 17.6 Å². The maximum absolute atomic E-state index is 13.5. The molecule has 3 heterocycles. The van der Waals surface area contributed by atoms with Crippen LogP contribution >= 0.6 is 11.7 Å². The lowest BCUT2D eigenvalue weighted by Gasteiger charge is -2.31. The Morgan fingerprint density at radius 1 is 1.00 bits per heavy atom. The third kappa shape index (κ3) is 4.21. The highest BCUT2D eigenvalue weighted by Crippen LogP contribution is 2.39. The maximum atomic E-state index is 13.5. The average molecular weight is 533 g/mol. The normalized spacial score (nSPS) is 15.5. The minimum Gasteiger partial charge on any atom is -0.497 e. The molecular weight excluding hydrogens is 504 g/mol. The number of piperidine rings is 1. The molecule has 6 rings (SSSR count). The molecule has 0 unspecified atom stereocenters. The molecule has 5 aromatic rings. The molecule has 0 saturated carbocycles. The number of fused-ring (bicyclic) bond motifs is 2. The summed E-state index contributed by atoms with van der Waals surface area (Å²) in [5.74, 6) is 1.14. The van der Waals surface area contributed by atoms with Crippen LogP contribution in [0.1, 0.15) is 35.6 Å². The smallest absolute Gasteiger partial charge is 0.245 e. The van der Waals surface area contributed by atoms with Crippen molar-refractivity contribution in [3.8, 4) is 5.75 Å². The monoisotopic (exact) mass is 532 g/mol. The summed E-state index contributed by atoms with van der Waals surface area (Å²) in [6, 6.07) is 21.9. The van der Waals surface area contributed by atoms with Crippen molar-refractivity contribution in [2.24, 2.45) is 0 Å². The van der Waals surface area contributed by atoms with E-state index in [1.165, 1.54) is 27.7 Å². The Hall–Kier alpha value is -3.27. The number of hydrogen-bond donors (Lipinski definition) is 0. The summed E-state index contributed by atoms with van der Waals surface area (Å²) in [5, 5.41) is 1.25. The molecule has 2 aromatic heterocycles. The Labute approximate surface area is 220 Å². The average Bonchev–Trinajstić information content (AvgIpc) is 3.51. The van der Waals surface area contributed by atoms with E-state index in [1.54, 1.807) is 29.6 Å². The summed E-state index contributed by atoms with van der Waals surface area (Å²) in [5.41, 5.74) is 6.05. The molecule has 7 nitrogen and oxygen atoms in total. The van der Waals surface area contributed by atoms with E-state index >= 15 is 0 Å². The summed E-state index contributed by atoms with van der Waals surface area (Å²) >= 11 is 1.04. The van der Waals surface area contributed by atoms with Crippen LogP contribution in [-0.4, -0.2) is 46.2 Å². The van der Waals surface area contributed by atoms with Crippen LogP contribution < -0.4 is 4.74 Å². The van der Waals surface area contributed by atoms with Gasteiger partial charge in [-0.05, 0) is 67.1 Å². The molecule has 37 heavy (non-hydrogen) atoms. The van der Waals surface area contributed by atoms with Gasteiger partial charge in [0, 0.05) is 36.2 Å². The van der Waals surface area contributed by atoms with E-state index in [9.17, 15) is 8.42 Å². The summed E-state index contributed by atoms with van der Waals surface area (Å²) in [4.78, 5) is 0.253. The number of benzene rings is 3. The molecule has 0 amide bonds. The van der Waals surface area contributed by atoms with Gasteiger partial charge in [0.2, 0.25) is 10.0 Å². The zero-order valence-electron chi connectivity index (χ0n) is 20.8. The Balaban J connectivity index is 1.29. The van der Waals surface area contributed by atoms with Gasteiger partial charge in [0.25, 0.3) is 0 Å². The minimum atomic E-state index is -3.64. The molecule has 3 aromatic carbocycles. The molecule has 1 fully saturated rings. The van der Waals surface area contributed by atoms with Crippen LogP contribution in [0.15, 0.2) is 71.6 Å². The predicted octanol–water partition coefficient (Wildman–Crippen LogP) is 5.58. The van der Waals surface area contributed by atoms with Crippen LogP contribution in [0, 0.1) is 6.92 Å². The SMILES string of the molecule is COc1cccc(Cn2c(C)c(C3CCN(S(=O)(=O)c4cccc5nsnc45)CC3)c3ccccc32)c1. The molecular formula is C28H28N4O3S2. The number of hydrogen-bond acceptors (Lipinski definition) is 6. The minimum absolute atomic E-state index is 0.253. The molecule has 0 radical (unpaired) electrons. The van der Waals surface area contributed by atoms with Crippen molar-refractivity contribution < 1.29 is 13.2 Å². The zero-order chi connectivity index (χ0) is 25.6. The first-order chi connectivity index (χ1) is 18.0. The fraction of sp³-hybridized carbons (Fsp3) is 0.286. The fourth-order valence-corrected chi connectivity index (χ4v) is 7.87. The molecule has 1 aliphatic rings. The predicted molar refractivity (Wildman–Crippen MR) is 147 cm³/mol. The Morgan fingerprint density at radius 3 is 2.59 bits per heavy atom. The molecule has 9 heteroatoms. The van der Waals surface area contributed by atoms with Gasteiger partial charge in [-0.15, -0.1) is 0 Å². The van der Waals surface area contributed by atoms with Gasteiger partial charge >= 0.3 is 0 Å². The molecule has 0 aliphatic carbocycles. The standard InChI is InChI=1S/C28H28N4O3S2/c1-19-27(23-9-3-4-11-25(23)32(19)18-20-7-5-8-22(17-20)35-2)21-13-15-31(16-14-21)37(33,34)26-12-6-10-24-28(26)30-36-29-24/h3-12,17,21H,13-16,18H2,1-2H3. The van der Waals surface area contributed by atoms with E-state index in [0.717, 1.165) is 36.9 Å². The highest BCUT2D eigenvalue weighted by Gasteiger charge is 2.33.